The third-order valence-corrected chi connectivity index (χ3v) is 5.12. The highest BCUT2D eigenvalue weighted by molar-refractivity contribution is 7.99. The fourth-order valence-corrected chi connectivity index (χ4v) is 3.57. The van der Waals surface area contributed by atoms with Crippen LogP contribution in [0.3, 0.4) is 0 Å². The topological polar surface area (TPSA) is 110 Å². The van der Waals surface area contributed by atoms with E-state index in [0.717, 1.165) is 5.56 Å². The van der Waals surface area contributed by atoms with Crippen LogP contribution in [0.1, 0.15) is 18.4 Å². The fraction of sp³-hybridized carbons (Fsp3) is 0.500. The van der Waals surface area contributed by atoms with Gasteiger partial charge < -0.3 is 14.7 Å². The van der Waals surface area contributed by atoms with E-state index in [9.17, 15) is 19.7 Å². The third-order valence-electron chi connectivity index (χ3n) is 4.13. The molecule has 25 heavy (non-hydrogen) atoms. The van der Waals surface area contributed by atoms with E-state index in [1.54, 1.807) is 17.0 Å². The SMILES string of the molecule is COc1ccc(CSCC(=O)N2CCC(C(=O)O)CC2)cc1[N+](=O)[O-]. The Morgan fingerprint density at radius 1 is 1.40 bits per heavy atom. The summed E-state index contributed by atoms with van der Waals surface area (Å²) in [7, 11) is 1.38. The number of likely N-dealkylation sites (tertiary alicyclic amines) is 1. The summed E-state index contributed by atoms with van der Waals surface area (Å²) in [6, 6.07) is 4.74. The molecule has 1 aliphatic rings. The van der Waals surface area contributed by atoms with Crippen molar-refractivity contribution < 1.29 is 24.4 Å². The highest BCUT2D eigenvalue weighted by atomic mass is 32.2. The number of piperidine rings is 1. The quantitative estimate of drug-likeness (QED) is 0.580. The Morgan fingerprint density at radius 2 is 2.08 bits per heavy atom. The van der Waals surface area contributed by atoms with Crippen molar-refractivity contribution in [2.45, 2.75) is 18.6 Å². The number of ether oxygens (including phenoxy) is 1. The second-order valence-corrected chi connectivity index (χ2v) is 6.74. The largest absolute Gasteiger partial charge is 0.490 e. The number of hydrogen-bond donors (Lipinski definition) is 1. The van der Waals surface area contributed by atoms with Crippen LogP contribution in [0, 0.1) is 16.0 Å². The van der Waals surface area contributed by atoms with Crippen LogP contribution in [0.4, 0.5) is 5.69 Å². The van der Waals surface area contributed by atoms with Gasteiger partial charge in [-0.15, -0.1) is 11.8 Å². The summed E-state index contributed by atoms with van der Waals surface area (Å²) >= 11 is 1.38. The minimum absolute atomic E-state index is 0.0307. The number of methoxy groups -OCH3 is 1. The molecule has 1 amide bonds. The number of carboxylic acids is 1. The Bertz CT molecular complexity index is 658. The van der Waals surface area contributed by atoms with Gasteiger partial charge in [0.2, 0.25) is 5.91 Å². The molecule has 1 saturated heterocycles. The molecule has 1 fully saturated rings. The van der Waals surface area contributed by atoms with Crippen LogP contribution in [0.25, 0.3) is 0 Å². The zero-order valence-corrected chi connectivity index (χ0v) is 14.7. The zero-order chi connectivity index (χ0) is 18.4. The van der Waals surface area contributed by atoms with E-state index in [1.807, 2.05) is 0 Å². The van der Waals surface area contributed by atoms with E-state index >= 15 is 0 Å². The van der Waals surface area contributed by atoms with Gasteiger partial charge in [-0.25, -0.2) is 0 Å². The number of benzene rings is 1. The van der Waals surface area contributed by atoms with Crippen LogP contribution in [0.15, 0.2) is 18.2 Å². The summed E-state index contributed by atoms with van der Waals surface area (Å²) in [6.45, 7) is 0.925. The fourth-order valence-electron chi connectivity index (χ4n) is 2.69. The van der Waals surface area contributed by atoms with E-state index in [-0.39, 0.29) is 29.0 Å². The lowest BCUT2D eigenvalue weighted by Gasteiger charge is -2.30. The van der Waals surface area contributed by atoms with E-state index in [4.69, 9.17) is 9.84 Å². The van der Waals surface area contributed by atoms with E-state index < -0.39 is 10.9 Å². The molecular weight excluding hydrogens is 348 g/mol. The molecule has 0 saturated carbocycles. The molecule has 1 aromatic carbocycles. The van der Waals surface area contributed by atoms with Gasteiger partial charge in [-0.3, -0.25) is 19.7 Å². The van der Waals surface area contributed by atoms with Gasteiger partial charge in [0.1, 0.15) is 0 Å². The number of nitro groups is 1. The molecule has 9 heteroatoms. The van der Waals surface area contributed by atoms with Crippen LogP contribution >= 0.6 is 11.8 Å². The first kappa shape index (κ1) is 19.0. The Hall–Kier alpha value is -2.29. The first-order valence-electron chi connectivity index (χ1n) is 7.82. The summed E-state index contributed by atoms with van der Waals surface area (Å²) in [6.07, 6.45) is 0.965. The maximum absolute atomic E-state index is 12.2. The van der Waals surface area contributed by atoms with Gasteiger partial charge in [-0.05, 0) is 24.5 Å². The lowest BCUT2D eigenvalue weighted by atomic mass is 9.97. The van der Waals surface area contributed by atoms with Crippen molar-refractivity contribution >= 4 is 29.3 Å². The van der Waals surface area contributed by atoms with Gasteiger partial charge in [-0.1, -0.05) is 6.07 Å². The number of thioether (sulfide) groups is 1. The molecule has 0 radical (unpaired) electrons. The standard InChI is InChI=1S/C16H20N2O6S/c1-24-14-3-2-11(8-13(14)18(22)23)9-25-10-15(19)17-6-4-12(5-7-17)16(20)21/h2-3,8,12H,4-7,9-10H2,1H3,(H,20,21). The summed E-state index contributed by atoms with van der Waals surface area (Å²) in [5.74, 6) is -0.258. The van der Waals surface area contributed by atoms with Crippen LogP contribution in [-0.2, 0) is 15.3 Å². The van der Waals surface area contributed by atoms with E-state index in [1.165, 1.54) is 24.9 Å². The average molecular weight is 368 g/mol. The van der Waals surface area contributed by atoms with Gasteiger partial charge in [0, 0.05) is 24.9 Å². The molecular formula is C16H20N2O6S. The number of amides is 1. The van der Waals surface area contributed by atoms with Crippen LogP contribution < -0.4 is 4.74 Å². The smallest absolute Gasteiger partial charge is 0.311 e. The van der Waals surface area contributed by atoms with Crippen LogP contribution in [-0.4, -0.2) is 52.8 Å². The molecule has 0 spiro atoms. The maximum atomic E-state index is 12.2. The molecule has 0 unspecified atom stereocenters. The molecule has 0 aromatic heterocycles. The number of carbonyl (C=O) groups excluding carboxylic acids is 1. The highest BCUT2D eigenvalue weighted by Crippen LogP contribution is 2.29. The zero-order valence-electron chi connectivity index (χ0n) is 13.8. The lowest BCUT2D eigenvalue weighted by molar-refractivity contribution is -0.385. The number of carbonyl (C=O) groups is 2. The number of nitro benzene ring substituents is 1. The van der Waals surface area contributed by atoms with Gasteiger partial charge >= 0.3 is 11.7 Å². The summed E-state index contributed by atoms with van der Waals surface area (Å²) in [5.41, 5.74) is 0.651. The van der Waals surface area contributed by atoms with Crippen LogP contribution in [0.5, 0.6) is 5.75 Å². The second kappa shape index (κ2) is 8.70. The summed E-state index contributed by atoms with van der Waals surface area (Å²) in [5, 5.41) is 20.0. The minimum atomic E-state index is -0.803. The second-order valence-electron chi connectivity index (χ2n) is 5.75. The first-order valence-corrected chi connectivity index (χ1v) is 8.97. The molecule has 0 aliphatic carbocycles. The molecule has 1 N–H and O–H groups in total. The Balaban J connectivity index is 1.83. The van der Waals surface area contributed by atoms with E-state index in [0.29, 0.717) is 31.7 Å². The normalized spacial score (nSPS) is 15.0. The van der Waals surface area contributed by atoms with E-state index in [2.05, 4.69) is 0 Å². The van der Waals surface area contributed by atoms with Crippen LogP contribution in [0.2, 0.25) is 0 Å². The first-order chi connectivity index (χ1) is 11.9. The van der Waals surface area contributed by atoms with Crippen molar-refractivity contribution in [2.75, 3.05) is 26.0 Å². The molecule has 1 aliphatic heterocycles. The molecule has 0 atom stereocenters. The number of hydrogen-bond acceptors (Lipinski definition) is 6. The van der Waals surface area contributed by atoms with Crippen molar-refractivity contribution in [1.29, 1.82) is 0 Å². The predicted molar refractivity (Wildman–Crippen MR) is 92.8 cm³/mol. The summed E-state index contributed by atoms with van der Waals surface area (Å²) in [4.78, 5) is 35.3. The highest BCUT2D eigenvalue weighted by Gasteiger charge is 2.26. The molecule has 8 nitrogen and oxygen atoms in total. The van der Waals surface area contributed by atoms with Crippen molar-refractivity contribution in [1.82, 2.24) is 4.90 Å². The predicted octanol–water partition coefficient (Wildman–Crippen LogP) is 2.16. The Labute approximate surface area is 149 Å². The lowest BCUT2D eigenvalue weighted by Crippen LogP contribution is -2.41. The minimum Gasteiger partial charge on any atom is -0.490 e. The molecule has 0 bridgehead atoms. The molecule has 1 heterocycles. The van der Waals surface area contributed by atoms with Crippen molar-refractivity contribution in [3.8, 4) is 5.75 Å². The Kier molecular flexibility index (Phi) is 6.63. The summed E-state index contributed by atoms with van der Waals surface area (Å²) < 4.78 is 4.96. The van der Waals surface area contributed by atoms with Gasteiger partial charge in [-0.2, -0.15) is 0 Å². The monoisotopic (exact) mass is 368 g/mol. The molecule has 1 aromatic rings. The van der Waals surface area contributed by atoms with Gasteiger partial charge in [0.15, 0.2) is 5.75 Å². The number of carboxylic acid groups (broad SMARTS) is 1. The average Bonchev–Trinajstić information content (AvgIpc) is 2.61. The Morgan fingerprint density at radius 3 is 2.64 bits per heavy atom. The number of nitrogens with zero attached hydrogens (tertiary/aromatic N) is 2. The van der Waals surface area contributed by atoms with Crippen molar-refractivity contribution in [2.24, 2.45) is 5.92 Å². The number of rotatable bonds is 7. The van der Waals surface area contributed by atoms with Crippen molar-refractivity contribution in [3.05, 3.63) is 33.9 Å². The number of aliphatic carboxylic acids is 1. The van der Waals surface area contributed by atoms with Gasteiger partial charge in [0.05, 0.1) is 23.7 Å². The maximum Gasteiger partial charge on any atom is 0.311 e. The van der Waals surface area contributed by atoms with Crippen molar-refractivity contribution in [3.63, 3.8) is 0 Å². The molecule has 136 valence electrons. The third kappa shape index (κ3) is 5.09. The molecule has 2 rings (SSSR count). The van der Waals surface area contributed by atoms with Gasteiger partial charge in [0.25, 0.3) is 0 Å².